The van der Waals surface area contributed by atoms with E-state index >= 15 is 0 Å². The SMILES string of the molecule is NCc1cnc2ccccc2c1Oc1cc(Br)ccc1F. The highest BCUT2D eigenvalue weighted by Gasteiger charge is 2.13. The van der Waals surface area contributed by atoms with Crippen LogP contribution in [0.1, 0.15) is 5.56 Å². The van der Waals surface area contributed by atoms with Crippen molar-refractivity contribution in [2.24, 2.45) is 5.73 Å². The standard InChI is InChI=1S/C16H12BrFN2O/c17-11-5-6-13(18)15(7-11)21-16-10(8-19)9-20-14-4-2-1-3-12(14)16/h1-7,9H,8,19H2. The molecule has 106 valence electrons. The van der Waals surface area contributed by atoms with Crippen molar-refractivity contribution in [3.05, 3.63) is 64.5 Å². The van der Waals surface area contributed by atoms with Crippen LogP contribution in [0.5, 0.6) is 11.5 Å². The number of halogens is 2. The van der Waals surface area contributed by atoms with E-state index in [1.54, 1.807) is 18.3 Å². The van der Waals surface area contributed by atoms with E-state index in [2.05, 4.69) is 20.9 Å². The second kappa shape index (κ2) is 5.79. The lowest BCUT2D eigenvalue weighted by atomic mass is 10.1. The van der Waals surface area contributed by atoms with E-state index < -0.39 is 5.82 Å². The zero-order valence-corrected chi connectivity index (χ0v) is 12.6. The first kappa shape index (κ1) is 14.0. The summed E-state index contributed by atoms with van der Waals surface area (Å²) >= 11 is 3.31. The van der Waals surface area contributed by atoms with Gasteiger partial charge in [0.05, 0.1) is 5.52 Å². The van der Waals surface area contributed by atoms with Crippen LogP contribution in [0.15, 0.2) is 53.1 Å². The Morgan fingerprint density at radius 2 is 2.00 bits per heavy atom. The van der Waals surface area contributed by atoms with Crippen molar-refractivity contribution in [1.82, 2.24) is 4.98 Å². The van der Waals surface area contributed by atoms with Gasteiger partial charge in [0.25, 0.3) is 0 Å². The van der Waals surface area contributed by atoms with Crippen molar-refractivity contribution in [3.63, 3.8) is 0 Å². The topological polar surface area (TPSA) is 48.1 Å². The lowest BCUT2D eigenvalue weighted by Gasteiger charge is -2.13. The van der Waals surface area contributed by atoms with Gasteiger partial charge in [0.1, 0.15) is 5.75 Å². The van der Waals surface area contributed by atoms with Gasteiger partial charge in [0.2, 0.25) is 0 Å². The van der Waals surface area contributed by atoms with Crippen LogP contribution >= 0.6 is 15.9 Å². The normalized spacial score (nSPS) is 10.8. The molecule has 2 aromatic carbocycles. The minimum Gasteiger partial charge on any atom is -0.453 e. The number of para-hydroxylation sites is 1. The molecule has 0 aliphatic rings. The van der Waals surface area contributed by atoms with Crippen LogP contribution in [0.3, 0.4) is 0 Å². The van der Waals surface area contributed by atoms with Crippen LogP contribution in [0.2, 0.25) is 0 Å². The molecular weight excluding hydrogens is 335 g/mol. The predicted molar refractivity (Wildman–Crippen MR) is 83.8 cm³/mol. The van der Waals surface area contributed by atoms with Crippen molar-refractivity contribution in [1.29, 1.82) is 0 Å². The summed E-state index contributed by atoms with van der Waals surface area (Å²) in [7, 11) is 0. The molecule has 3 nitrogen and oxygen atoms in total. The maximum absolute atomic E-state index is 13.9. The van der Waals surface area contributed by atoms with Crippen LogP contribution < -0.4 is 10.5 Å². The Balaban J connectivity index is 2.16. The highest BCUT2D eigenvalue weighted by Crippen LogP contribution is 2.34. The van der Waals surface area contributed by atoms with Crippen molar-refractivity contribution in [2.45, 2.75) is 6.54 Å². The monoisotopic (exact) mass is 346 g/mol. The molecule has 0 amide bonds. The van der Waals surface area contributed by atoms with E-state index in [-0.39, 0.29) is 12.3 Å². The number of benzene rings is 2. The minimum atomic E-state index is -0.429. The molecule has 2 N–H and O–H groups in total. The van der Waals surface area contributed by atoms with Crippen molar-refractivity contribution in [3.8, 4) is 11.5 Å². The molecule has 0 aliphatic carbocycles. The number of aromatic nitrogens is 1. The fraction of sp³-hybridized carbons (Fsp3) is 0.0625. The Hall–Kier alpha value is -1.98. The van der Waals surface area contributed by atoms with E-state index in [0.717, 1.165) is 20.9 Å². The second-order valence-corrected chi connectivity index (χ2v) is 5.43. The molecule has 3 rings (SSSR count). The number of ether oxygens (including phenoxy) is 1. The third-order valence-electron chi connectivity index (χ3n) is 3.12. The van der Waals surface area contributed by atoms with Crippen molar-refractivity contribution in [2.75, 3.05) is 0 Å². The number of pyridine rings is 1. The molecule has 1 aromatic heterocycles. The largest absolute Gasteiger partial charge is 0.453 e. The number of fused-ring (bicyclic) bond motifs is 1. The summed E-state index contributed by atoms with van der Waals surface area (Å²) in [5.41, 5.74) is 7.25. The molecule has 21 heavy (non-hydrogen) atoms. The van der Waals surface area contributed by atoms with Crippen LogP contribution in [-0.2, 0) is 6.54 Å². The zero-order valence-electron chi connectivity index (χ0n) is 11.0. The van der Waals surface area contributed by atoms with Gasteiger partial charge in [-0.05, 0) is 30.3 Å². The highest BCUT2D eigenvalue weighted by atomic mass is 79.9. The summed E-state index contributed by atoms with van der Waals surface area (Å²) in [5, 5.41) is 0.805. The molecule has 0 atom stereocenters. The number of rotatable bonds is 3. The van der Waals surface area contributed by atoms with Crippen LogP contribution in [0, 0.1) is 5.82 Å². The van der Waals surface area contributed by atoms with Crippen molar-refractivity contribution >= 4 is 26.8 Å². The lowest BCUT2D eigenvalue weighted by molar-refractivity contribution is 0.441. The molecule has 0 aliphatic heterocycles. The van der Waals surface area contributed by atoms with Gasteiger partial charge in [0, 0.05) is 28.2 Å². The fourth-order valence-corrected chi connectivity index (χ4v) is 2.43. The number of hydrogen-bond acceptors (Lipinski definition) is 3. The molecule has 0 unspecified atom stereocenters. The van der Waals surface area contributed by atoms with E-state index in [4.69, 9.17) is 10.5 Å². The minimum absolute atomic E-state index is 0.149. The third-order valence-corrected chi connectivity index (χ3v) is 3.62. The molecule has 0 fully saturated rings. The summed E-state index contributed by atoms with van der Waals surface area (Å²) in [4.78, 5) is 4.33. The number of nitrogens with two attached hydrogens (primary N) is 1. The Kier molecular flexibility index (Phi) is 3.86. The fourth-order valence-electron chi connectivity index (χ4n) is 2.09. The van der Waals surface area contributed by atoms with Gasteiger partial charge < -0.3 is 10.5 Å². The van der Waals surface area contributed by atoms with Gasteiger partial charge in [-0.15, -0.1) is 0 Å². The molecule has 0 saturated heterocycles. The Morgan fingerprint density at radius 3 is 2.81 bits per heavy atom. The van der Waals surface area contributed by atoms with E-state index in [0.29, 0.717) is 5.75 Å². The average Bonchev–Trinajstić information content (AvgIpc) is 2.51. The maximum atomic E-state index is 13.9. The Morgan fingerprint density at radius 1 is 1.19 bits per heavy atom. The average molecular weight is 347 g/mol. The quantitative estimate of drug-likeness (QED) is 0.765. The highest BCUT2D eigenvalue weighted by molar-refractivity contribution is 9.10. The molecule has 1 heterocycles. The summed E-state index contributed by atoms with van der Waals surface area (Å²) in [6.07, 6.45) is 1.66. The van der Waals surface area contributed by atoms with Gasteiger partial charge in [-0.25, -0.2) is 4.39 Å². The summed E-state index contributed by atoms with van der Waals surface area (Å²) in [6.45, 7) is 0.267. The first-order chi connectivity index (χ1) is 10.2. The number of nitrogens with zero attached hydrogens (tertiary/aromatic N) is 1. The summed E-state index contributed by atoms with van der Waals surface area (Å²) in [5.74, 6) is 0.262. The first-order valence-electron chi connectivity index (χ1n) is 6.38. The second-order valence-electron chi connectivity index (χ2n) is 4.51. The van der Waals surface area contributed by atoms with Crippen LogP contribution in [-0.4, -0.2) is 4.98 Å². The van der Waals surface area contributed by atoms with Crippen LogP contribution in [0.4, 0.5) is 4.39 Å². The Bertz CT molecular complexity index is 807. The van der Waals surface area contributed by atoms with E-state index in [1.165, 1.54) is 6.07 Å². The summed E-state index contributed by atoms with van der Waals surface area (Å²) < 4.78 is 20.4. The van der Waals surface area contributed by atoms with Crippen molar-refractivity contribution < 1.29 is 9.13 Å². The molecule has 0 spiro atoms. The smallest absolute Gasteiger partial charge is 0.165 e. The molecule has 0 bridgehead atoms. The lowest BCUT2D eigenvalue weighted by Crippen LogP contribution is -2.02. The van der Waals surface area contributed by atoms with Gasteiger partial charge in [0.15, 0.2) is 11.6 Å². The molecule has 0 radical (unpaired) electrons. The number of hydrogen-bond donors (Lipinski definition) is 1. The molecule has 0 saturated carbocycles. The summed E-state index contributed by atoms with van der Waals surface area (Å²) in [6, 6.07) is 12.1. The molecule has 5 heteroatoms. The van der Waals surface area contributed by atoms with Crippen LogP contribution in [0.25, 0.3) is 10.9 Å². The van der Waals surface area contributed by atoms with Gasteiger partial charge in [-0.3, -0.25) is 4.98 Å². The Labute approximate surface area is 129 Å². The zero-order chi connectivity index (χ0) is 14.8. The maximum Gasteiger partial charge on any atom is 0.165 e. The van der Waals surface area contributed by atoms with Gasteiger partial charge in [-0.1, -0.05) is 28.1 Å². The van der Waals surface area contributed by atoms with E-state index in [9.17, 15) is 4.39 Å². The predicted octanol–water partition coefficient (Wildman–Crippen LogP) is 4.39. The molecule has 3 aromatic rings. The van der Waals surface area contributed by atoms with Gasteiger partial charge >= 0.3 is 0 Å². The van der Waals surface area contributed by atoms with E-state index in [1.807, 2.05) is 24.3 Å². The van der Waals surface area contributed by atoms with Gasteiger partial charge in [-0.2, -0.15) is 0 Å². The molecular formula is C16H12BrFN2O. The first-order valence-corrected chi connectivity index (χ1v) is 7.18. The third kappa shape index (κ3) is 2.75.